The van der Waals surface area contributed by atoms with Gasteiger partial charge in [-0.15, -0.1) is 0 Å². The van der Waals surface area contributed by atoms with E-state index in [1.165, 1.54) is 24.3 Å². The van der Waals surface area contributed by atoms with Gasteiger partial charge >= 0.3 is 0 Å². The van der Waals surface area contributed by atoms with Gasteiger partial charge in [-0.2, -0.15) is 0 Å². The molecular formula is C23H18FNO5. The summed E-state index contributed by atoms with van der Waals surface area (Å²) in [5.41, 5.74) is 1.40. The predicted octanol–water partition coefficient (Wildman–Crippen LogP) is 4.19. The Hall–Kier alpha value is -3.87. The van der Waals surface area contributed by atoms with Crippen LogP contribution in [0.3, 0.4) is 0 Å². The molecule has 1 amide bonds. The lowest BCUT2D eigenvalue weighted by Gasteiger charge is -2.15. The lowest BCUT2D eigenvalue weighted by molar-refractivity contribution is -0.122. The number of ether oxygens (including phenoxy) is 3. The van der Waals surface area contributed by atoms with Gasteiger partial charge in [0.2, 0.25) is 6.79 Å². The highest BCUT2D eigenvalue weighted by Crippen LogP contribution is 2.34. The Morgan fingerprint density at radius 2 is 1.57 bits per heavy atom. The molecule has 30 heavy (non-hydrogen) atoms. The van der Waals surface area contributed by atoms with Gasteiger partial charge in [-0.05, 0) is 67.6 Å². The lowest BCUT2D eigenvalue weighted by atomic mass is 10.0. The predicted molar refractivity (Wildman–Crippen MR) is 108 cm³/mol. The van der Waals surface area contributed by atoms with Crippen LogP contribution in [0.2, 0.25) is 0 Å². The summed E-state index contributed by atoms with van der Waals surface area (Å²) in [4.78, 5) is 24.8. The first-order valence-corrected chi connectivity index (χ1v) is 9.27. The van der Waals surface area contributed by atoms with Crippen molar-refractivity contribution >= 4 is 17.4 Å². The number of ketones is 1. The van der Waals surface area contributed by atoms with Crippen molar-refractivity contribution in [3.8, 4) is 17.2 Å². The summed E-state index contributed by atoms with van der Waals surface area (Å²) in [5, 5.41) is 2.76. The number of amides is 1. The first-order chi connectivity index (χ1) is 14.5. The maximum atomic E-state index is 13.0. The molecule has 0 aliphatic carbocycles. The molecule has 1 unspecified atom stereocenters. The fraction of sp³-hybridized carbons (Fsp3) is 0.130. The zero-order valence-corrected chi connectivity index (χ0v) is 16.1. The monoisotopic (exact) mass is 407 g/mol. The molecule has 3 aromatic rings. The number of rotatable bonds is 6. The van der Waals surface area contributed by atoms with E-state index in [1.54, 1.807) is 49.4 Å². The molecule has 7 heteroatoms. The topological polar surface area (TPSA) is 73.9 Å². The van der Waals surface area contributed by atoms with E-state index in [-0.39, 0.29) is 18.5 Å². The number of hydrogen-bond acceptors (Lipinski definition) is 5. The van der Waals surface area contributed by atoms with Gasteiger partial charge in [0.1, 0.15) is 11.6 Å². The molecule has 0 bridgehead atoms. The number of fused-ring (bicyclic) bond motifs is 1. The summed E-state index contributed by atoms with van der Waals surface area (Å²) in [6, 6.07) is 16.9. The van der Waals surface area contributed by atoms with Crippen LogP contribution in [0.4, 0.5) is 10.1 Å². The molecule has 0 saturated heterocycles. The SMILES string of the molecule is CC(Oc1ccc(C(=O)c2ccc(F)cc2)cc1)C(=O)Nc1ccc2c(c1)OCO2. The summed E-state index contributed by atoms with van der Waals surface area (Å²) in [5.74, 6) is 0.688. The van der Waals surface area contributed by atoms with E-state index in [1.807, 2.05) is 0 Å². The molecule has 3 aromatic carbocycles. The van der Waals surface area contributed by atoms with Crippen molar-refractivity contribution in [1.29, 1.82) is 0 Å². The van der Waals surface area contributed by atoms with Crippen LogP contribution >= 0.6 is 0 Å². The van der Waals surface area contributed by atoms with E-state index < -0.39 is 11.9 Å². The molecule has 4 rings (SSSR count). The molecule has 1 aliphatic heterocycles. The van der Waals surface area contributed by atoms with E-state index >= 15 is 0 Å². The Morgan fingerprint density at radius 1 is 0.933 bits per heavy atom. The third kappa shape index (κ3) is 4.25. The molecular weight excluding hydrogens is 389 g/mol. The number of carbonyl (C=O) groups is 2. The van der Waals surface area contributed by atoms with E-state index in [9.17, 15) is 14.0 Å². The van der Waals surface area contributed by atoms with Crippen LogP contribution in [0, 0.1) is 5.82 Å². The molecule has 6 nitrogen and oxygen atoms in total. The second-order valence-corrected chi connectivity index (χ2v) is 6.68. The van der Waals surface area contributed by atoms with Gasteiger partial charge < -0.3 is 19.5 Å². The van der Waals surface area contributed by atoms with Crippen molar-refractivity contribution in [2.24, 2.45) is 0 Å². The number of anilines is 1. The van der Waals surface area contributed by atoms with Crippen molar-refractivity contribution in [2.75, 3.05) is 12.1 Å². The first-order valence-electron chi connectivity index (χ1n) is 9.27. The molecule has 0 aromatic heterocycles. The van der Waals surface area contributed by atoms with Crippen LogP contribution in [0.25, 0.3) is 0 Å². The minimum atomic E-state index is -0.769. The average Bonchev–Trinajstić information content (AvgIpc) is 3.22. The quantitative estimate of drug-likeness (QED) is 0.620. The third-order valence-electron chi connectivity index (χ3n) is 4.55. The summed E-state index contributed by atoms with van der Waals surface area (Å²) in [6.07, 6.45) is -0.769. The highest BCUT2D eigenvalue weighted by Gasteiger charge is 2.18. The van der Waals surface area contributed by atoms with E-state index in [0.29, 0.717) is 34.1 Å². The summed E-state index contributed by atoms with van der Waals surface area (Å²) >= 11 is 0. The molecule has 1 heterocycles. The van der Waals surface area contributed by atoms with Crippen molar-refractivity contribution in [1.82, 2.24) is 0 Å². The lowest BCUT2D eigenvalue weighted by Crippen LogP contribution is -2.30. The summed E-state index contributed by atoms with van der Waals surface area (Å²) in [6.45, 7) is 1.78. The summed E-state index contributed by atoms with van der Waals surface area (Å²) in [7, 11) is 0. The molecule has 1 aliphatic rings. The van der Waals surface area contributed by atoms with Crippen LogP contribution in [-0.4, -0.2) is 24.6 Å². The number of benzene rings is 3. The van der Waals surface area contributed by atoms with E-state index in [2.05, 4.69) is 5.32 Å². The minimum absolute atomic E-state index is 0.159. The Bertz CT molecular complexity index is 1080. The van der Waals surface area contributed by atoms with E-state index in [0.717, 1.165) is 0 Å². The van der Waals surface area contributed by atoms with Gasteiger partial charge in [-0.25, -0.2) is 4.39 Å². The molecule has 0 radical (unpaired) electrons. The number of carbonyl (C=O) groups excluding carboxylic acids is 2. The summed E-state index contributed by atoms with van der Waals surface area (Å²) < 4.78 is 29.2. The Morgan fingerprint density at radius 3 is 2.27 bits per heavy atom. The standard InChI is InChI=1S/C23H18FNO5/c1-14(23(27)25-18-8-11-20-21(12-18)29-13-28-20)30-19-9-4-16(5-10-19)22(26)15-2-6-17(24)7-3-15/h2-12,14H,13H2,1H3,(H,25,27). The van der Waals surface area contributed by atoms with Crippen molar-refractivity contribution in [2.45, 2.75) is 13.0 Å². The first kappa shape index (κ1) is 19.4. The fourth-order valence-corrected chi connectivity index (χ4v) is 2.93. The largest absolute Gasteiger partial charge is 0.481 e. The van der Waals surface area contributed by atoms with Gasteiger partial charge in [-0.3, -0.25) is 9.59 Å². The van der Waals surface area contributed by atoms with Gasteiger partial charge in [-0.1, -0.05) is 0 Å². The Balaban J connectivity index is 1.37. The molecule has 0 fully saturated rings. The van der Waals surface area contributed by atoms with Crippen LogP contribution in [0.5, 0.6) is 17.2 Å². The Labute approximate surface area is 172 Å². The number of nitrogens with one attached hydrogen (secondary N) is 1. The number of halogens is 1. The zero-order valence-electron chi connectivity index (χ0n) is 16.1. The van der Waals surface area contributed by atoms with Crippen molar-refractivity contribution < 1.29 is 28.2 Å². The third-order valence-corrected chi connectivity index (χ3v) is 4.55. The highest BCUT2D eigenvalue weighted by molar-refractivity contribution is 6.09. The van der Waals surface area contributed by atoms with Crippen LogP contribution in [0.15, 0.2) is 66.7 Å². The zero-order chi connectivity index (χ0) is 21.1. The smallest absolute Gasteiger partial charge is 0.265 e. The molecule has 152 valence electrons. The average molecular weight is 407 g/mol. The van der Waals surface area contributed by atoms with Gasteiger partial charge in [0.05, 0.1) is 0 Å². The van der Waals surface area contributed by atoms with Gasteiger partial charge in [0, 0.05) is 22.9 Å². The van der Waals surface area contributed by atoms with Gasteiger partial charge in [0.25, 0.3) is 5.91 Å². The molecule has 1 atom stereocenters. The van der Waals surface area contributed by atoms with Crippen molar-refractivity contribution in [3.05, 3.63) is 83.7 Å². The van der Waals surface area contributed by atoms with E-state index in [4.69, 9.17) is 14.2 Å². The normalized spacial score (nSPS) is 12.9. The van der Waals surface area contributed by atoms with Crippen LogP contribution in [0.1, 0.15) is 22.8 Å². The molecule has 0 saturated carbocycles. The van der Waals surface area contributed by atoms with Gasteiger partial charge in [0.15, 0.2) is 23.4 Å². The second kappa shape index (κ2) is 8.24. The second-order valence-electron chi connectivity index (χ2n) is 6.68. The maximum absolute atomic E-state index is 13.0. The Kier molecular flexibility index (Phi) is 5.34. The van der Waals surface area contributed by atoms with Crippen LogP contribution in [-0.2, 0) is 4.79 Å². The fourth-order valence-electron chi connectivity index (χ4n) is 2.93. The van der Waals surface area contributed by atoms with Crippen molar-refractivity contribution in [3.63, 3.8) is 0 Å². The van der Waals surface area contributed by atoms with Crippen LogP contribution < -0.4 is 19.5 Å². The highest BCUT2D eigenvalue weighted by atomic mass is 19.1. The minimum Gasteiger partial charge on any atom is -0.481 e. The number of hydrogen-bond donors (Lipinski definition) is 1. The molecule has 0 spiro atoms. The molecule has 1 N–H and O–H groups in total. The maximum Gasteiger partial charge on any atom is 0.265 e.